The molecule has 0 radical (unpaired) electrons. The van der Waals surface area contributed by atoms with Gasteiger partial charge in [0.15, 0.2) is 16.1 Å². The van der Waals surface area contributed by atoms with Gasteiger partial charge in [-0.05, 0) is 80.6 Å². The van der Waals surface area contributed by atoms with Crippen molar-refractivity contribution in [1.82, 2.24) is 4.98 Å². The summed E-state index contributed by atoms with van der Waals surface area (Å²) in [5.41, 5.74) is 4.28. The Morgan fingerprint density at radius 2 is 1.70 bits per heavy atom. The first kappa shape index (κ1) is 24.7. The summed E-state index contributed by atoms with van der Waals surface area (Å²) in [6, 6.07) is 15.1. The average molecular weight is 550 g/mol. The first-order valence-electron chi connectivity index (χ1n) is 13.4. The van der Waals surface area contributed by atoms with Gasteiger partial charge >= 0.3 is 0 Å². The summed E-state index contributed by atoms with van der Waals surface area (Å²) in [5.74, 6) is -0.984. The molecule has 1 atom stereocenters. The molecular formula is C32H27N3O4S. The van der Waals surface area contributed by atoms with Crippen molar-refractivity contribution in [2.45, 2.75) is 46.6 Å². The summed E-state index contributed by atoms with van der Waals surface area (Å²) in [5, 5.41) is 0.711. The number of carbonyl (C=O) groups is 2. The molecule has 40 heavy (non-hydrogen) atoms. The lowest BCUT2D eigenvalue weighted by atomic mass is 9.84. The first-order valence-corrected chi connectivity index (χ1v) is 14.2. The summed E-state index contributed by atoms with van der Waals surface area (Å²) in [6.07, 6.45) is 0.710. The molecule has 0 bridgehead atoms. The van der Waals surface area contributed by atoms with Crippen molar-refractivity contribution in [2.75, 3.05) is 16.3 Å². The molecule has 0 aliphatic carbocycles. The normalized spacial score (nSPS) is 18.0. The van der Waals surface area contributed by atoms with Crippen LogP contribution in [-0.2, 0) is 10.3 Å². The number of para-hydroxylation sites is 1. The molecule has 7 rings (SSSR count). The topological polar surface area (TPSA) is 83.7 Å². The zero-order valence-corrected chi connectivity index (χ0v) is 23.7. The van der Waals surface area contributed by atoms with Crippen LogP contribution in [0.2, 0.25) is 0 Å². The number of benzene rings is 3. The van der Waals surface area contributed by atoms with Crippen LogP contribution in [0.25, 0.3) is 21.2 Å². The minimum absolute atomic E-state index is 0.0662. The van der Waals surface area contributed by atoms with Gasteiger partial charge in [-0.15, -0.1) is 0 Å². The quantitative estimate of drug-likeness (QED) is 0.264. The summed E-state index contributed by atoms with van der Waals surface area (Å²) in [4.78, 5) is 51.6. The third-order valence-corrected chi connectivity index (χ3v) is 9.19. The number of hydrogen-bond donors (Lipinski definition) is 0. The number of nitrogens with zero attached hydrogens (tertiary/aromatic N) is 3. The highest BCUT2D eigenvalue weighted by Gasteiger charge is 2.66. The third kappa shape index (κ3) is 2.99. The van der Waals surface area contributed by atoms with E-state index < -0.39 is 11.4 Å². The summed E-state index contributed by atoms with van der Waals surface area (Å²) < 4.78 is 7.17. The van der Waals surface area contributed by atoms with Gasteiger partial charge in [-0.3, -0.25) is 19.3 Å². The van der Waals surface area contributed by atoms with E-state index in [9.17, 15) is 14.4 Å². The predicted molar refractivity (Wildman–Crippen MR) is 158 cm³/mol. The number of carbonyl (C=O) groups excluding carboxylic acids is 2. The fraction of sp³-hybridized carbons (Fsp3) is 0.250. The second-order valence-electron chi connectivity index (χ2n) is 10.8. The number of amides is 2. The fourth-order valence-corrected chi connectivity index (χ4v) is 7.51. The average Bonchev–Trinajstić information content (AvgIpc) is 3.52. The molecule has 1 unspecified atom stereocenters. The van der Waals surface area contributed by atoms with Gasteiger partial charge in [0, 0.05) is 12.1 Å². The number of fused-ring (bicyclic) bond motifs is 6. The second-order valence-corrected chi connectivity index (χ2v) is 11.8. The van der Waals surface area contributed by atoms with Gasteiger partial charge in [0.25, 0.3) is 11.8 Å². The molecule has 3 aromatic carbocycles. The number of anilines is 2. The van der Waals surface area contributed by atoms with Crippen LogP contribution >= 0.6 is 11.3 Å². The van der Waals surface area contributed by atoms with Crippen molar-refractivity contribution in [1.29, 1.82) is 0 Å². The number of aryl methyl sites for hydroxylation is 4. The van der Waals surface area contributed by atoms with Crippen LogP contribution < -0.4 is 15.2 Å². The van der Waals surface area contributed by atoms with Crippen molar-refractivity contribution in [3.8, 4) is 0 Å². The molecule has 4 heterocycles. The van der Waals surface area contributed by atoms with Gasteiger partial charge in [0.1, 0.15) is 5.58 Å². The molecule has 7 nitrogen and oxygen atoms in total. The van der Waals surface area contributed by atoms with E-state index in [2.05, 4.69) is 0 Å². The maximum atomic E-state index is 14.7. The number of thiazole rings is 1. The minimum atomic E-state index is -1.72. The Hall–Kier alpha value is -4.30. The number of hydrogen-bond acceptors (Lipinski definition) is 6. The molecule has 0 saturated carbocycles. The molecule has 5 aromatic rings. The Morgan fingerprint density at radius 1 is 0.950 bits per heavy atom. The highest BCUT2D eigenvalue weighted by atomic mass is 32.1. The largest absolute Gasteiger partial charge is 0.450 e. The SMILES string of the molecule is CCCN1C(=O)C2(c3ccccc31)c1c(oc3cc(C)c(C)cc3c1=O)C(=O)N2c1nc2c(C)cc(C)cc2s1. The molecule has 2 aromatic heterocycles. The highest BCUT2D eigenvalue weighted by Crippen LogP contribution is 2.55. The first-order chi connectivity index (χ1) is 19.2. The minimum Gasteiger partial charge on any atom is -0.450 e. The molecule has 0 saturated heterocycles. The molecule has 0 fully saturated rings. The van der Waals surface area contributed by atoms with Gasteiger partial charge in [0.2, 0.25) is 5.76 Å². The molecule has 8 heteroatoms. The Labute approximate surface area is 234 Å². The third-order valence-electron chi connectivity index (χ3n) is 8.20. The fourth-order valence-electron chi connectivity index (χ4n) is 6.32. The van der Waals surface area contributed by atoms with E-state index in [0.717, 1.165) is 32.5 Å². The van der Waals surface area contributed by atoms with Crippen LogP contribution in [0.5, 0.6) is 0 Å². The Morgan fingerprint density at radius 3 is 2.48 bits per heavy atom. The molecule has 0 N–H and O–H groups in total. The molecule has 2 aliphatic heterocycles. The van der Waals surface area contributed by atoms with E-state index in [0.29, 0.717) is 40.3 Å². The van der Waals surface area contributed by atoms with Gasteiger partial charge < -0.3 is 9.32 Å². The smallest absolute Gasteiger partial charge is 0.297 e. The van der Waals surface area contributed by atoms with Crippen LogP contribution in [-0.4, -0.2) is 23.3 Å². The summed E-state index contributed by atoms with van der Waals surface area (Å²) >= 11 is 1.34. The zero-order chi connectivity index (χ0) is 28.1. The lowest BCUT2D eigenvalue weighted by Gasteiger charge is -2.32. The van der Waals surface area contributed by atoms with E-state index in [4.69, 9.17) is 9.40 Å². The van der Waals surface area contributed by atoms with Gasteiger partial charge in [-0.25, -0.2) is 4.98 Å². The van der Waals surface area contributed by atoms with E-state index in [1.54, 1.807) is 17.0 Å². The molecule has 200 valence electrons. The Balaban J connectivity index is 1.63. The lowest BCUT2D eigenvalue weighted by molar-refractivity contribution is -0.121. The van der Waals surface area contributed by atoms with Crippen molar-refractivity contribution in [3.63, 3.8) is 0 Å². The van der Waals surface area contributed by atoms with Crippen LogP contribution in [0, 0.1) is 27.7 Å². The van der Waals surface area contributed by atoms with Crippen LogP contribution in [0.1, 0.15) is 57.3 Å². The second kappa shape index (κ2) is 8.35. The lowest BCUT2D eigenvalue weighted by Crippen LogP contribution is -2.53. The van der Waals surface area contributed by atoms with E-state index in [1.165, 1.54) is 16.2 Å². The van der Waals surface area contributed by atoms with Crippen molar-refractivity contribution in [3.05, 3.63) is 97.9 Å². The van der Waals surface area contributed by atoms with Crippen molar-refractivity contribution in [2.24, 2.45) is 0 Å². The van der Waals surface area contributed by atoms with Gasteiger partial charge in [0.05, 0.1) is 26.9 Å². The van der Waals surface area contributed by atoms with Gasteiger partial charge in [-0.1, -0.05) is 42.5 Å². The van der Waals surface area contributed by atoms with E-state index in [-0.39, 0.29) is 22.7 Å². The van der Waals surface area contributed by atoms with Gasteiger partial charge in [-0.2, -0.15) is 0 Å². The van der Waals surface area contributed by atoms with Crippen LogP contribution in [0.4, 0.5) is 10.8 Å². The van der Waals surface area contributed by atoms with Crippen LogP contribution in [0.15, 0.2) is 57.7 Å². The Bertz CT molecular complexity index is 2010. The summed E-state index contributed by atoms with van der Waals surface area (Å²) in [6.45, 7) is 10.3. The van der Waals surface area contributed by atoms with Crippen molar-refractivity contribution < 1.29 is 14.0 Å². The molecule has 2 aliphatic rings. The molecule has 2 amide bonds. The highest BCUT2D eigenvalue weighted by molar-refractivity contribution is 7.22. The maximum absolute atomic E-state index is 14.7. The maximum Gasteiger partial charge on any atom is 0.297 e. The summed E-state index contributed by atoms with van der Waals surface area (Å²) in [7, 11) is 0. The molecular weight excluding hydrogens is 522 g/mol. The zero-order valence-electron chi connectivity index (χ0n) is 22.9. The van der Waals surface area contributed by atoms with Crippen molar-refractivity contribution >= 4 is 55.2 Å². The number of rotatable bonds is 3. The predicted octanol–water partition coefficient (Wildman–Crippen LogP) is 6.30. The van der Waals surface area contributed by atoms with Crippen LogP contribution in [0.3, 0.4) is 0 Å². The number of aromatic nitrogens is 1. The monoisotopic (exact) mass is 549 g/mol. The standard InChI is InChI=1S/C32H27N3O4S/c1-6-11-34-22-10-8-7-9-21(22)32(30(34)38)25-27(36)20-14-17(3)18(4)15-23(20)39-28(25)29(37)35(32)31-33-26-19(5)12-16(2)13-24(26)40-31/h7-10,12-15H,6,11H2,1-5H3. The Kier molecular flexibility index (Phi) is 5.16. The van der Waals surface area contributed by atoms with E-state index >= 15 is 0 Å². The van der Waals surface area contributed by atoms with E-state index in [1.807, 2.05) is 71.0 Å². The molecule has 1 spiro atoms.